The summed E-state index contributed by atoms with van der Waals surface area (Å²) in [7, 11) is 0. The van der Waals surface area contributed by atoms with Crippen molar-refractivity contribution in [2.45, 2.75) is 45.7 Å². The summed E-state index contributed by atoms with van der Waals surface area (Å²) in [6.07, 6.45) is 4.18. The van der Waals surface area contributed by atoms with E-state index < -0.39 is 0 Å². The summed E-state index contributed by atoms with van der Waals surface area (Å²) in [6.45, 7) is 9.19. The van der Waals surface area contributed by atoms with Crippen LogP contribution < -0.4 is 5.32 Å². The number of aryl methyl sites for hydroxylation is 1. The molecule has 2 rings (SSSR count). The zero-order valence-corrected chi connectivity index (χ0v) is 11.8. The molecule has 2 nitrogen and oxygen atoms in total. The summed E-state index contributed by atoms with van der Waals surface area (Å²) in [5.41, 5.74) is 2.73. The molecule has 0 aliphatic carbocycles. The van der Waals surface area contributed by atoms with Gasteiger partial charge in [-0.05, 0) is 45.3 Å². The van der Waals surface area contributed by atoms with Crippen molar-refractivity contribution < 1.29 is 0 Å². The second-order valence-electron chi connectivity index (χ2n) is 5.63. The van der Waals surface area contributed by atoms with Crippen LogP contribution >= 0.6 is 0 Å². The molecule has 1 atom stereocenters. The Balaban J connectivity index is 1.72. The average Bonchev–Trinajstić information content (AvgIpc) is 2.38. The van der Waals surface area contributed by atoms with Crippen molar-refractivity contribution >= 4 is 0 Å². The molecule has 0 bridgehead atoms. The van der Waals surface area contributed by atoms with Crippen molar-refractivity contribution in [1.82, 2.24) is 10.2 Å². The third-order valence-electron chi connectivity index (χ3n) is 3.72. The molecule has 1 aliphatic rings. The minimum Gasteiger partial charge on any atom is -0.309 e. The minimum absolute atomic E-state index is 0.573. The lowest BCUT2D eigenvalue weighted by Gasteiger charge is -2.29. The Bertz CT molecular complexity index is 356. The van der Waals surface area contributed by atoms with Crippen LogP contribution in [0.4, 0.5) is 0 Å². The first kappa shape index (κ1) is 13.6. The maximum atomic E-state index is 3.63. The van der Waals surface area contributed by atoms with Gasteiger partial charge in [0.25, 0.3) is 0 Å². The first-order valence-corrected chi connectivity index (χ1v) is 7.25. The highest BCUT2D eigenvalue weighted by Gasteiger charge is 2.12. The first-order chi connectivity index (χ1) is 8.74. The molecule has 2 heteroatoms. The Morgan fingerprint density at radius 2 is 2.00 bits per heavy atom. The van der Waals surface area contributed by atoms with E-state index in [0.717, 1.165) is 6.54 Å². The third-order valence-corrected chi connectivity index (χ3v) is 3.72. The van der Waals surface area contributed by atoms with Crippen LogP contribution in [0, 0.1) is 6.92 Å². The molecule has 1 unspecified atom stereocenters. The summed E-state index contributed by atoms with van der Waals surface area (Å²) in [4.78, 5) is 2.59. The Morgan fingerprint density at radius 3 is 2.72 bits per heavy atom. The number of likely N-dealkylation sites (tertiary alicyclic amines) is 1. The predicted molar refractivity (Wildman–Crippen MR) is 77.8 cm³/mol. The lowest BCUT2D eigenvalue weighted by molar-refractivity contribution is 0.209. The van der Waals surface area contributed by atoms with Crippen LogP contribution in [0.3, 0.4) is 0 Å². The molecule has 1 aromatic carbocycles. The highest BCUT2D eigenvalue weighted by Crippen LogP contribution is 2.09. The first-order valence-electron chi connectivity index (χ1n) is 7.25. The minimum atomic E-state index is 0.573. The van der Waals surface area contributed by atoms with Gasteiger partial charge >= 0.3 is 0 Å². The molecule has 0 saturated carbocycles. The van der Waals surface area contributed by atoms with E-state index in [4.69, 9.17) is 0 Å². The number of hydrogen-bond acceptors (Lipinski definition) is 2. The summed E-state index contributed by atoms with van der Waals surface area (Å²) in [6, 6.07) is 9.33. The maximum absolute atomic E-state index is 3.63. The van der Waals surface area contributed by atoms with Gasteiger partial charge in [0.15, 0.2) is 0 Å². The van der Waals surface area contributed by atoms with Gasteiger partial charge in [-0.3, -0.25) is 0 Å². The smallest absolute Gasteiger partial charge is 0.0208 e. The van der Waals surface area contributed by atoms with Crippen LogP contribution in [0.5, 0.6) is 0 Å². The lowest BCUT2D eigenvalue weighted by Crippen LogP contribution is -2.41. The van der Waals surface area contributed by atoms with Crippen molar-refractivity contribution in [3.8, 4) is 0 Å². The molecule has 0 aromatic heterocycles. The predicted octanol–water partition coefficient (Wildman–Crippen LogP) is 2.96. The molecular weight excluding hydrogens is 220 g/mol. The standard InChI is InChI=1S/C16H26N2/c1-14-7-6-8-16(11-14)12-17-15(2)13-18-9-4-3-5-10-18/h6-8,11,15,17H,3-5,9-10,12-13H2,1-2H3. The fraction of sp³-hybridized carbons (Fsp3) is 0.625. The molecule has 1 saturated heterocycles. The van der Waals surface area contributed by atoms with Gasteiger partial charge in [0, 0.05) is 19.1 Å². The van der Waals surface area contributed by atoms with Gasteiger partial charge in [0.1, 0.15) is 0 Å². The Morgan fingerprint density at radius 1 is 1.22 bits per heavy atom. The lowest BCUT2D eigenvalue weighted by atomic mass is 10.1. The summed E-state index contributed by atoms with van der Waals surface area (Å²) in [5.74, 6) is 0. The zero-order chi connectivity index (χ0) is 12.8. The second-order valence-corrected chi connectivity index (χ2v) is 5.63. The van der Waals surface area contributed by atoms with Crippen molar-refractivity contribution in [3.05, 3.63) is 35.4 Å². The number of rotatable bonds is 5. The molecule has 0 radical (unpaired) electrons. The van der Waals surface area contributed by atoms with Gasteiger partial charge in [0.05, 0.1) is 0 Å². The number of hydrogen-bond donors (Lipinski definition) is 1. The second kappa shape index (κ2) is 6.91. The van der Waals surface area contributed by atoms with Crippen molar-refractivity contribution in [2.24, 2.45) is 0 Å². The average molecular weight is 246 g/mol. The molecule has 1 fully saturated rings. The highest BCUT2D eigenvalue weighted by atomic mass is 15.1. The van der Waals surface area contributed by atoms with E-state index in [0.29, 0.717) is 6.04 Å². The van der Waals surface area contributed by atoms with Crippen LogP contribution in [0.1, 0.15) is 37.3 Å². The van der Waals surface area contributed by atoms with E-state index in [2.05, 4.69) is 48.3 Å². The molecule has 100 valence electrons. The topological polar surface area (TPSA) is 15.3 Å². The van der Waals surface area contributed by atoms with Crippen LogP contribution in [0.2, 0.25) is 0 Å². The quantitative estimate of drug-likeness (QED) is 0.859. The van der Waals surface area contributed by atoms with Crippen molar-refractivity contribution in [2.75, 3.05) is 19.6 Å². The summed E-state index contributed by atoms with van der Waals surface area (Å²) >= 11 is 0. The van der Waals surface area contributed by atoms with E-state index in [9.17, 15) is 0 Å². The van der Waals surface area contributed by atoms with E-state index in [-0.39, 0.29) is 0 Å². The van der Waals surface area contributed by atoms with Gasteiger partial charge in [-0.25, -0.2) is 0 Å². The zero-order valence-electron chi connectivity index (χ0n) is 11.8. The Labute approximate surface area is 111 Å². The molecule has 18 heavy (non-hydrogen) atoms. The van der Waals surface area contributed by atoms with Crippen LogP contribution in [-0.4, -0.2) is 30.6 Å². The van der Waals surface area contributed by atoms with Crippen molar-refractivity contribution in [1.29, 1.82) is 0 Å². The van der Waals surface area contributed by atoms with Crippen LogP contribution in [0.25, 0.3) is 0 Å². The summed E-state index contributed by atoms with van der Waals surface area (Å²) in [5, 5.41) is 3.63. The van der Waals surface area contributed by atoms with Crippen LogP contribution in [0.15, 0.2) is 24.3 Å². The third kappa shape index (κ3) is 4.43. The van der Waals surface area contributed by atoms with E-state index in [1.807, 2.05) is 0 Å². The number of nitrogens with one attached hydrogen (secondary N) is 1. The van der Waals surface area contributed by atoms with Gasteiger partial charge in [-0.2, -0.15) is 0 Å². The molecule has 0 amide bonds. The van der Waals surface area contributed by atoms with E-state index in [1.54, 1.807) is 0 Å². The van der Waals surface area contributed by atoms with E-state index >= 15 is 0 Å². The van der Waals surface area contributed by atoms with Gasteiger partial charge in [-0.15, -0.1) is 0 Å². The normalized spacial score (nSPS) is 18.8. The molecule has 1 N–H and O–H groups in total. The Kier molecular flexibility index (Phi) is 5.21. The van der Waals surface area contributed by atoms with Crippen molar-refractivity contribution in [3.63, 3.8) is 0 Å². The van der Waals surface area contributed by atoms with E-state index in [1.165, 1.54) is 50.0 Å². The molecule has 1 aromatic rings. The fourth-order valence-electron chi connectivity index (χ4n) is 2.71. The SMILES string of the molecule is Cc1cccc(CNC(C)CN2CCCCC2)c1. The monoisotopic (exact) mass is 246 g/mol. The van der Waals surface area contributed by atoms with Gasteiger partial charge in [-0.1, -0.05) is 36.2 Å². The molecular formula is C16H26N2. The molecule has 1 aliphatic heterocycles. The largest absolute Gasteiger partial charge is 0.309 e. The van der Waals surface area contributed by atoms with Gasteiger partial charge in [0.2, 0.25) is 0 Å². The maximum Gasteiger partial charge on any atom is 0.0208 e. The highest BCUT2D eigenvalue weighted by molar-refractivity contribution is 5.21. The molecule has 0 spiro atoms. The summed E-state index contributed by atoms with van der Waals surface area (Å²) < 4.78 is 0. The fourth-order valence-corrected chi connectivity index (χ4v) is 2.71. The molecule has 1 heterocycles. The number of piperidine rings is 1. The number of benzene rings is 1. The Hall–Kier alpha value is -0.860. The van der Waals surface area contributed by atoms with Gasteiger partial charge < -0.3 is 10.2 Å². The number of nitrogens with zero attached hydrogens (tertiary/aromatic N) is 1. The van der Waals surface area contributed by atoms with Crippen LogP contribution in [-0.2, 0) is 6.54 Å².